The lowest BCUT2D eigenvalue weighted by molar-refractivity contribution is -0.124. The minimum Gasteiger partial charge on any atom is -0.398 e. The molecule has 2 heterocycles. The molecular weight excluding hydrogens is 334 g/mol. The highest BCUT2D eigenvalue weighted by Gasteiger charge is 2.43. The molecule has 1 saturated heterocycles. The fraction of sp³-hybridized carbons (Fsp3) is 0.333. The summed E-state index contributed by atoms with van der Waals surface area (Å²) in [6.07, 6.45) is 1.55. The van der Waals surface area contributed by atoms with E-state index >= 15 is 0 Å². The molecule has 132 valence electrons. The molecule has 0 bridgehead atoms. The Morgan fingerprint density at radius 2 is 2.23 bits per heavy atom. The first-order valence-corrected chi connectivity index (χ1v) is 8.37. The number of nitriles is 1. The minimum atomic E-state index is -0.981. The van der Waals surface area contributed by atoms with Gasteiger partial charge in [-0.15, -0.1) is 0 Å². The standard InChI is InChI=1S/C18H17N5O3/c19-7-10-4-12(10)17(25)22-16-5-9-3-11(6-14(20)13(9)8-21-16)23-2-1-15(24)18(23)26/h3,5-6,8,10,12,15,24H,1-2,4,20H2,(H,21,22,25)/t10-,12+,15+/m0/s1. The molecule has 2 amide bonds. The van der Waals surface area contributed by atoms with Crippen LogP contribution in [-0.4, -0.2) is 34.6 Å². The van der Waals surface area contributed by atoms with Crippen molar-refractivity contribution in [3.8, 4) is 6.07 Å². The molecule has 1 aromatic heterocycles. The number of carbonyl (C=O) groups excluding carboxylic acids is 2. The van der Waals surface area contributed by atoms with Crippen molar-refractivity contribution in [3.05, 3.63) is 24.4 Å². The van der Waals surface area contributed by atoms with Crippen molar-refractivity contribution in [1.82, 2.24) is 4.98 Å². The Bertz CT molecular complexity index is 967. The molecular formula is C18H17N5O3. The van der Waals surface area contributed by atoms with Gasteiger partial charge < -0.3 is 21.1 Å². The van der Waals surface area contributed by atoms with Gasteiger partial charge in [-0.25, -0.2) is 4.98 Å². The number of fused-ring (bicyclic) bond motifs is 1. The molecule has 8 nitrogen and oxygen atoms in total. The number of anilines is 3. The number of nitrogens with zero attached hydrogens (tertiary/aromatic N) is 3. The van der Waals surface area contributed by atoms with Crippen LogP contribution in [0.3, 0.4) is 0 Å². The van der Waals surface area contributed by atoms with E-state index < -0.39 is 6.10 Å². The lowest BCUT2D eigenvalue weighted by Gasteiger charge is -2.18. The van der Waals surface area contributed by atoms with Gasteiger partial charge in [-0.1, -0.05) is 0 Å². The van der Waals surface area contributed by atoms with Crippen molar-refractivity contribution in [3.63, 3.8) is 0 Å². The van der Waals surface area contributed by atoms with Gasteiger partial charge in [0.2, 0.25) is 5.91 Å². The summed E-state index contributed by atoms with van der Waals surface area (Å²) >= 11 is 0. The molecule has 1 aliphatic carbocycles. The summed E-state index contributed by atoms with van der Waals surface area (Å²) in [7, 11) is 0. The molecule has 4 rings (SSSR count). The minimum absolute atomic E-state index is 0.217. The van der Waals surface area contributed by atoms with Crippen LogP contribution in [0.2, 0.25) is 0 Å². The van der Waals surface area contributed by atoms with Gasteiger partial charge in [-0.2, -0.15) is 5.26 Å². The van der Waals surface area contributed by atoms with Gasteiger partial charge in [0, 0.05) is 35.9 Å². The average molecular weight is 351 g/mol. The molecule has 3 atom stereocenters. The number of rotatable bonds is 3. The predicted octanol–water partition coefficient (Wildman–Crippen LogP) is 1.01. The maximum Gasteiger partial charge on any atom is 0.255 e. The number of benzene rings is 1. The highest BCUT2D eigenvalue weighted by atomic mass is 16.3. The summed E-state index contributed by atoms with van der Waals surface area (Å²) in [6.45, 7) is 0.427. The Morgan fingerprint density at radius 3 is 2.88 bits per heavy atom. The summed E-state index contributed by atoms with van der Waals surface area (Å²) in [5, 5.41) is 22.6. The van der Waals surface area contributed by atoms with E-state index in [-0.39, 0.29) is 23.7 Å². The molecule has 1 saturated carbocycles. The van der Waals surface area contributed by atoms with E-state index in [1.165, 1.54) is 4.90 Å². The van der Waals surface area contributed by atoms with Gasteiger partial charge in [0.25, 0.3) is 5.91 Å². The molecule has 2 fully saturated rings. The van der Waals surface area contributed by atoms with Crippen molar-refractivity contribution >= 4 is 39.8 Å². The first-order valence-electron chi connectivity index (χ1n) is 8.37. The van der Waals surface area contributed by atoms with E-state index in [2.05, 4.69) is 16.4 Å². The average Bonchev–Trinajstić information content (AvgIpc) is 3.34. The van der Waals surface area contributed by atoms with Crippen LogP contribution in [0, 0.1) is 23.2 Å². The second kappa shape index (κ2) is 5.97. The topological polar surface area (TPSA) is 132 Å². The zero-order valence-electron chi connectivity index (χ0n) is 13.8. The number of nitrogens with one attached hydrogen (secondary N) is 1. The zero-order valence-corrected chi connectivity index (χ0v) is 13.8. The Balaban J connectivity index is 1.63. The zero-order chi connectivity index (χ0) is 18.4. The number of hydrogen-bond donors (Lipinski definition) is 3. The third kappa shape index (κ3) is 2.72. The van der Waals surface area contributed by atoms with Crippen molar-refractivity contribution in [2.24, 2.45) is 11.8 Å². The van der Waals surface area contributed by atoms with E-state index in [4.69, 9.17) is 11.0 Å². The van der Waals surface area contributed by atoms with Crippen LogP contribution in [0.25, 0.3) is 10.8 Å². The molecule has 4 N–H and O–H groups in total. The third-order valence-corrected chi connectivity index (χ3v) is 4.89. The number of aliphatic hydroxyl groups is 1. The van der Waals surface area contributed by atoms with Crippen molar-refractivity contribution in [1.29, 1.82) is 5.26 Å². The van der Waals surface area contributed by atoms with Gasteiger partial charge in [0.1, 0.15) is 11.9 Å². The first kappa shape index (κ1) is 16.3. The Labute approximate surface area is 149 Å². The SMILES string of the molecule is N#C[C@@H]1C[C@H]1C(=O)Nc1cc2cc(N3CC[C@@H](O)C3=O)cc(N)c2cn1. The molecule has 0 spiro atoms. The van der Waals surface area contributed by atoms with Crippen LogP contribution in [0.1, 0.15) is 12.8 Å². The van der Waals surface area contributed by atoms with Crippen molar-refractivity contribution in [2.75, 3.05) is 22.5 Å². The smallest absolute Gasteiger partial charge is 0.255 e. The van der Waals surface area contributed by atoms with Crippen molar-refractivity contribution in [2.45, 2.75) is 18.9 Å². The highest BCUT2D eigenvalue weighted by molar-refractivity contribution is 6.04. The molecule has 8 heteroatoms. The van der Waals surface area contributed by atoms with Gasteiger partial charge >= 0.3 is 0 Å². The van der Waals surface area contributed by atoms with Crippen LogP contribution >= 0.6 is 0 Å². The van der Waals surface area contributed by atoms with E-state index in [1.807, 2.05) is 0 Å². The normalized spacial score (nSPS) is 24.5. The largest absolute Gasteiger partial charge is 0.398 e. The van der Waals surface area contributed by atoms with Gasteiger partial charge in [-0.05, 0) is 30.0 Å². The van der Waals surface area contributed by atoms with Crippen molar-refractivity contribution < 1.29 is 14.7 Å². The quantitative estimate of drug-likeness (QED) is 0.707. The van der Waals surface area contributed by atoms with Crippen LogP contribution in [-0.2, 0) is 9.59 Å². The summed E-state index contributed by atoms with van der Waals surface area (Å²) in [4.78, 5) is 29.8. The third-order valence-electron chi connectivity index (χ3n) is 4.89. The summed E-state index contributed by atoms with van der Waals surface area (Å²) in [5.41, 5.74) is 7.15. The number of aliphatic hydroxyl groups excluding tert-OH is 1. The monoisotopic (exact) mass is 351 g/mol. The lowest BCUT2D eigenvalue weighted by Crippen LogP contribution is -2.29. The highest BCUT2D eigenvalue weighted by Crippen LogP contribution is 2.38. The molecule has 1 aromatic carbocycles. The molecule has 0 unspecified atom stereocenters. The molecule has 26 heavy (non-hydrogen) atoms. The molecule has 0 radical (unpaired) electrons. The molecule has 2 aromatic rings. The van der Waals surface area contributed by atoms with Gasteiger partial charge in [0.15, 0.2) is 0 Å². The number of aromatic nitrogens is 1. The summed E-state index contributed by atoms with van der Waals surface area (Å²) in [6, 6.07) is 7.24. The Kier molecular flexibility index (Phi) is 3.74. The van der Waals surface area contributed by atoms with E-state index in [0.29, 0.717) is 42.0 Å². The summed E-state index contributed by atoms with van der Waals surface area (Å²) < 4.78 is 0. The van der Waals surface area contributed by atoms with E-state index in [1.54, 1.807) is 24.4 Å². The second-order valence-electron chi connectivity index (χ2n) is 6.69. The number of nitrogen functional groups attached to an aromatic ring is 1. The lowest BCUT2D eigenvalue weighted by atomic mass is 10.1. The fourth-order valence-corrected chi connectivity index (χ4v) is 3.26. The molecule has 1 aliphatic heterocycles. The van der Waals surface area contributed by atoms with E-state index in [0.717, 1.165) is 5.39 Å². The summed E-state index contributed by atoms with van der Waals surface area (Å²) in [5.74, 6) is -0.689. The van der Waals surface area contributed by atoms with Crippen LogP contribution < -0.4 is 16.0 Å². The van der Waals surface area contributed by atoms with Crippen LogP contribution in [0.5, 0.6) is 0 Å². The first-order chi connectivity index (χ1) is 12.5. The fourth-order valence-electron chi connectivity index (χ4n) is 3.26. The maximum absolute atomic E-state index is 12.1. The molecule has 2 aliphatic rings. The number of amides is 2. The Hall–Kier alpha value is -3.18. The number of pyridine rings is 1. The number of nitrogens with two attached hydrogens (primary N) is 1. The van der Waals surface area contributed by atoms with Crippen LogP contribution in [0.15, 0.2) is 24.4 Å². The second-order valence-corrected chi connectivity index (χ2v) is 6.69. The van der Waals surface area contributed by atoms with Gasteiger partial charge in [0.05, 0.1) is 17.9 Å². The maximum atomic E-state index is 12.1. The number of hydrogen-bond acceptors (Lipinski definition) is 6. The van der Waals surface area contributed by atoms with Gasteiger partial charge in [-0.3, -0.25) is 9.59 Å². The van der Waals surface area contributed by atoms with Crippen LogP contribution in [0.4, 0.5) is 17.2 Å². The predicted molar refractivity (Wildman–Crippen MR) is 95.0 cm³/mol. The Morgan fingerprint density at radius 1 is 1.42 bits per heavy atom. The number of carbonyl (C=O) groups is 2. The van der Waals surface area contributed by atoms with E-state index in [9.17, 15) is 14.7 Å².